The van der Waals surface area contributed by atoms with E-state index in [1.807, 2.05) is 19.9 Å². The Balaban J connectivity index is 1.54. The maximum Gasteiger partial charge on any atom is 0.297 e. The van der Waals surface area contributed by atoms with Gasteiger partial charge in [0.25, 0.3) is 10.1 Å². The lowest BCUT2D eigenvalue weighted by atomic mass is 10.1. The zero-order valence-corrected chi connectivity index (χ0v) is 18.0. The lowest BCUT2D eigenvalue weighted by Gasteiger charge is -2.38. The van der Waals surface area contributed by atoms with Crippen molar-refractivity contribution in [1.29, 1.82) is 5.26 Å². The summed E-state index contributed by atoms with van der Waals surface area (Å²) in [5, 5.41) is 9.35. The molecule has 0 unspecified atom stereocenters. The van der Waals surface area contributed by atoms with Crippen LogP contribution in [0.1, 0.15) is 18.1 Å². The second kappa shape index (κ2) is 8.59. The number of anilines is 1. The number of nitriles is 1. The molecule has 31 heavy (non-hydrogen) atoms. The van der Waals surface area contributed by atoms with E-state index < -0.39 is 16.2 Å². The quantitative estimate of drug-likeness (QED) is 0.560. The van der Waals surface area contributed by atoms with Crippen LogP contribution in [0, 0.1) is 18.3 Å². The highest BCUT2D eigenvalue weighted by Crippen LogP contribution is 2.29. The minimum absolute atomic E-state index is 0.100. The molecule has 2 aromatic carbocycles. The maximum absolute atomic E-state index is 12.5. The van der Waals surface area contributed by atoms with Gasteiger partial charge in [0.05, 0.1) is 28.9 Å². The number of morpholine rings is 1. The van der Waals surface area contributed by atoms with E-state index in [1.165, 1.54) is 12.1 Å². The number of hydrogen-bond donors (Lipinski definition) is 0. The Morgan fingerprint density at radius 1 is 1.13 bits per heavy atom. The summed E-state index contributed by atoms with van der Waals surface area (Å²) < 4.78 is 36.3. The third-order valence-electron chi connectivity index (χ3n) is 5.11. The van der Waals surface area contributed by atoms with Crippen LogP contribution in [0.2, 0.25) is 0 Å². The number of aryl methyl sites for hydroxylation is 1. The molecule has 160 valence electrons. The molecule has 4 rings (SSSR count). The van der Waals surface area contributed by atoms with Crippen LogP contribution < -0.4 is 4.90 Å². The Bertz CT molecular complexity index is 1240. The third-order valence-corrected chi connectivity index (χ3v) is 6.41. The molecule has 3 aromatic rings. The van der Waals surface area contributed by atoms with Crippen molar-refractivity contribution < 1.29 is 17.3 Å². The first kappa shape index (κ1) is 21.2. The summed E-state index contributed by atoms with van der Waals surface area (Å²) in [4.78, 5) is 10.9. The molecule has 0 saturated carbocycles. The van der Waals surface area contributed by atoms with Crippen molar-refractivity contribution in [1.82, 2.24) is 9.97 Å². The van der Waals surface area contributed by atoms with Crippen molar-refractivity contribution in [2.45, 2.75) is 31.0 Å². The number of fused-ring (bicyclic) bond motifs is 1. The molecule has 0 N–H and O–H groups in total. The Labute approximate surface area is 181 Å². The fourth-order valence-corrected chi connectivity index (χ4v) is 4.60. The normalized spacial score (nSPS) is 19.3. The number of aromatic nitrogens is 2. The molecule has 0 bridgehead atoms. The first-order chi connectivity index (χ1) is 14.9. The van der Waals surface area contributed by atoms with Gasteiger partial charge < -0.3 is 9.64 Å². The van der Waals surface area contributed by atoms with Gasteiger partial charge in [-0.05, 0) is 38.1 Å². The molecule has 0 amide bonds. The zero-order chi connectivity index (χ0) is 22.0. The van der Waals surface area contributed by atoms with Gasteiger partial charge in [0.2, 0.25) is 0 Å². The van der Waals surface area contributed by atoms with Crippen LogP contribution in [0.25, 0.3) is 11.0 Å². The molecule has 0 aliphatic carbocycles. The Hall–Kier alpha value is -3.06. The molecular formula is C22H22N4O4S. The minimum Gasteiger partial charge on any atom is -0.369 e. The van der Waals surface area contributed by atoms with E-state index in [2.05, 4.69) is 20.9 Å². The summed E-state index contributed by atoms with van der Waals surface area (Å²) in [5.41, 5.74) is 3.41. The number of rotatable bonds is 5. The summed E-state index contributed by atoms with van der Waals surface area (Å²) in [6, 6.07) is 12.2. The van der Waals surface area contributed by atoms with Gasteiger partial charge in [0.15, 0.2) is 0 Å². The van der Waals surface area contributed by atoms with Crippen molar-refractivity contribution in [2.75, 3.05) is 24.6 Å². The average molecular weight is 439 g/mol. The molecule has 0 radical (unpaired) electrons. The van der Waals surface area contributed by atoms with Crippen LogP contribution in [-0.2, 0) is 19.0 Å². The van der Waals surface area contributed by atoms with E-state index in [4.69, 9.17) is 8.92 Å². The molecule has 1 aliphatic heterocycles. The number of nitrogens with zero attached hydrogens (tertiary/aromatic N) is 4. The number of hydrogen-bond acceptors (Lipinski definition) is 8. The van der Waals surface area contributed by atoms with Gasteiger partial charge in [-0.3, -0.25) is 14.2 Å². The van der Waals surface area contributed by atoms with E-state index in [-0.39, 0.29) is 17.6 Å². The highest BCUT2D eigenvalue weighted by Gasteiger charge is 2.29. The Morgan fingerprint density at radius 2 is 1.84 bits per heavy atom. The molecule has 0 spiro atoms. The van der Waals surface area contributed by atoms with E-state index in [0.29, 0.717) is 29.7 Å². The Morgan fingerprint density at radius 3 is 2.55 bits per heavy atom. The van der Waals surface area contributed by atoms with Crippen LogP contribution in [0.5, 0.6) is 0 Å². The second-order valence-electron chi connectivity index (χ2n) is 7.52. The van der Waals surface area contributed by atoms with E-state index in [1.54, 1.807) is 30.6 Å². The fraction of sp³-hybridized carbons (Fsp3) is 0.318. The van der Waals surface area contributed by atoms with Crippen molar-refractivity contribution in [3.8, 4) is 6.07 Å². The first-order valence-electron chi connectivity index (χ1n) is 9.87. The third kappa shape index (κ3) is 4.51. The van der Waals surface area contributed by atoms with Crippen LogP contribution in [0.4, 0.5) is 5.69 Å². The van der Waals surface area contributed by atoms with Gasteiger partial charge in [0, 0.05) is 25.5 Å². The largest absolute Gasteiger partial charge is 0.369 e. The van der Waals surface area contributed by atoms with Gasteiger partial charge in [-0.25, -0.2) is 0 Å². The topological polar surface area (TPSA) is 105 Å². The van der Waals surface area contributed by atoms with Gasteiger partial charge in [-0.15, -0.1) is 0 Å². The predicted octanol–water partition coefficient (Wildman–Crippen LogP) is 2.81. The maximum atomic E-state index is 12.5. The highest BCUT2D eigenvalue weighted by molar-refractivity contribution is 7.86. The van der Waals surface area contributed by atoms with Crippen LogP contribution in [0.15, 0.2) is 53.7 Å². The van der Waals surface area contributed by atoms with Gasteiger partial charge >= 0.3 is 0 Å². The summed E-state index contributed by atoms with van der Waals surface area (Å²) in [5.74, 6) is 0. The van der Waals surface area contributed by atoms with Crippen molar-refractivity contribution in [2.24, 2.45) is 0 Å². The average Bonchev–Trinajstić information content (AvgIpc) is 2.77. The molecular weight excluding hydrogens is 416 g/mol. The first-order valence-corrected chi connectivity index (χ1v) is 11.3. The second-order valence-corrected chi connectivity index (χ2v) is 9.14. The lowest BCUT2D eigenvalue weighted by molar-refractivity contribution is -0.0359. The fourth-order valence-electron chi connectivity index (χ4n) is 3.66. The van der Waals surface area contributed by atoms with Crippen molar-refractivity contribution in [3.05, 3.63) is 59.9 Å². The SMILES string of the molecule is Cc1ccc(S(=O)(=O)OC[C@H]2CN(c3ccc(C#N)c4nccnc34)C[C@H](C)O2)cc1. The number of benzene rings is 2. The molecule has 1 fully saturated rings. The zero-order valence-electron chi connectivity index (χ0n) is 17.2. The summed E-state index contributed by atoms with van der Waals surface area (Å²) in [6.45, 7) is 4.73. The van der Waals surface area contributed by atoms with Gasteiger partial charge in [-0.1, -0.05) is 17.7 Å². The molecule has 1 aliphatic rings. The smallest absolute Gasteiger partial charge is 0.297 e. The van der Waals surface area contributed by atoms with Gasteiger partial charge in [0.1, 0.15) is 23.2 Å². The van der Waals surface area contributed by atoms with Crippen LogP contribution in [-0.4, -0.2) is 50.3 Å². The molecule has 8 nitrogen and oxygen atoms in total. The van der Waals surface area contributed by atoms with E-state index in [0.717, 1.165) is 11.3 Å². The lowest BCUT2D eigenvalue weighted by Crippen LogP contribution is -2.48. The predicted molar refractivity (Wildman–Crippen MR) is 115 cm³/mol. The Kier molecular flexibility index (Phi) is 5.87. The minimum atomic E-state index is -3.88. The van der Waals surface area contributed by atoms with Gasteiger partial charge in [-0.2, -0.15) is 13.7 Å². The molecule has 2 heterocycles. The molecule has 1 saturated heterocycles. The summed E-state index contributed by atoms with van der Waals surface area (Å²) in [6.07, 6.45) is 2.55. The molecule has 2 atom stereocenters. The van der Waals surface area contributed by atoms with Crippen molar-refractivity contribution in [3.63, 3.8) is 0 Å². The number of ether oxygens (including phenoxy) is 1. The standard InChI is InChI=1S/C22H22N4O4S/c1-15-3-6-19(7-4-15)31(27,28)29-14-18-13-26(12-16(2)30-18)20-8-5-17(11-23)21-22(20)25-10-9-24-21/h3-10,16,18H,12-14H2,1-2H3/t16-,18+/m0/s1. The summed E-state index contributed by atoms with van der Waals surface area (Å²) >= 11 is 0. The van der Waals surface area contributed by atoms with E-state index >= 15 is 0 Å². The van der Waals surface area contributed by atoms with Crippen LogP contribution >= 0.6 is 0 Å². The molecule has 1 aromatic heterocycles. The molecule has 9 heteroatoms. The summed E-state index contributed by atoms with van der Waals surface area (Å²) in [7, 11) is -3.88. The van der Waals surface area contributed by atoms with E-state index in [9.17, 15) is 13.7 Å². The highest BCUT2D eigenvalue weighted by atomic mass is 32.2. The van der Waals surface area contributed by atoms with Crippen molar-refractivity contribution >= 4 is 26.8 Å². The monoisotopic (exact) mass is 438 g/mol. The van der Waals surface area contributed by atoms with Crippen LogP contribution in [0.3, 0.4) is 0 Å².